The summed E-state index contributed by atoms with van der Waals surface area (Å²) < 4.78 is 37.5. The molecule has 0 saturated carbocycles. The van der Waals surface area contributed by atoms with E-state index in [9.17, 15) is 13.2 Å². The monoisotopic (exact) mass is 435 g/mol. The predicted octanol–water partition coefficient (Wildman–Crippen LogP) is 2.73. The first kappa shape index (κ1) is 22.2. The Balaban J connectivity index is 1.35. The van der Waals surface area contributed by atoms with E-state index >= 15 is 0 Å². The van der Waals surface area contributed by atoms with E-state index in [1.165, 1.54) is 19.3 Å². The van der Waals surface area contributed by atoms with E-state index in [0.717, 1.165) is 24.5 Å². The molecule has 2 aromatic rings. The highest BCUT2D eigenvalue weighted by molar-refractivity contribution is 7.93. The van der Waals surface area contributed by atoms with Gasteiger partial charge in [0, 0.05) is 37.6 Å². The number of carbonyl (C=O) groups is 1. The average Bonchev–Trinajstić information content (AvgIpc) is 3.24. The fourth-order valence-corrected chi connectivity index (χ4v) is 4.32. The molecule has 8 nitrogen and oxygen atoms in total. The molecule has 2 heterocycles. The second-order valence-corrected chi connectivity index (χ2v) is 9.01. The number of hydrogen-bond donors (Lipinski definition) is 2. The normalized spacial score (nSPS) is 14.5. The Hall–Kier alpha value is -2.52. The predicted molar refractivity (Wildman–Crippen MR) is 116 cm³/mol. The standard InChI is InChI=1S/C21H29N3O5S/c25-21(22-11-5-14-28-16-20-6-4-15-29-20)17-30(26,27)23-18-7-9-19(10-8-18)24-12-2-1-3-13-24/h4,6-10,15,23H,1-3,5,11-14,16-17H2,(H,22,25). The molecule has 0 unspecified atom stereocenters. The molecule has 2 N–H and O–H groups in total. The quantitative estimate of drug-likeness (QED) is 0.527. The van der Waals surface area contributed by atoms with E-state index < -0.39 is 21.7 Å². The molecule has 1 aromatic carbocycles. The Morgan fingerprint density at radius 2 is 1.87 bits per heavy atom. The van der Waals surface area contributed by atoms with Crippen molar-refractivity contribution in [2.75, 3.05) is 41.6 Å². The van der Waals surface area contributed by atoms with Gasteiger partial charge in [-0.3, -0.25) is 9.52 Å². The van der Waals surface area contributed by atoms with Crippen molar-refractivity contribution in [1.82, 2.24) is 5.32 Å². The summed E-state index contributed by atoms with van der Waals surface area (Å²) in [5, 5.41) is 2.60. The van der Waals surface area contributed by atoms with Gasteiger partial charge in [0.15, 0.2) is 0 Å². The molecule has 9 heteroatoms. The van der Waals surface area contributed by atoms with Gasteiger partial charge in [-0.25, -0.2) is 8.42 Å². The van der Waals surface area contributed by atoms with Crippen molar-refractivity contribution in [1.29, 1.82) is 0 Å². The number of furan rings is 1. The van der Waals surface area contributed by atoms with E-state index in [1.54, 1.807) is 24.5 Å². The van der Waals surface area contributed by atoms with E-state index in [2.05, 4.69) is 14.9 Å². The molecule has 0 atom stereocenters. The smallest absolute Gasteiger partial charge is 0.241 e. The van der Waals surface area contributed by atoms with Crippen LogP contribution in [0.1, 0.15) is 31.4 Å². The van der Waals surface area contributed by atoms with Gasteiger partial charge in [0.1, 0.15) is 18.1 Å². The van der Waals surface area contributed by atoms with Crippen LogP contribution in [0.3, 0.4) is 0 Å². The maximum Gasteiger partial charge on any atom is 0.241 e. The first-order valence-corrected chi connectivity index (χ1v) is 11.9. The summed E-state index contributed by atoms with van der Waals surface area (Å²) >= 11 is 0. The Morgan fingerprint density at radius 1 is 1.10 bits per heavy atom. The summed E-state index contributed by atoms with van der Waals surface area (Å²) in [6.45, 7) is 3.21. The van der Waals surface area contributed by atoms with Crippen molar-refractivity contribution in [3.05, 3.63) is 48.4 Å². The molecular formula is C21H29N3O5S. The van der Waals surface area contributed by atoms with Crippen molar-refractivity contribution in [2.45, 2.75) is 32.3 Å². The van der Waals surface area contributed by atoms with Gasteiger partial charge in [-0.1, -0.05) is 0 Å². The molecule has 1 saturated heterocycles. The van der Waals surface area contributed by atoms with Gasteiger partial charge >= 0.3 is 0 Å². The summed E-state index contributed by atoms with van der Waals surface area (Å²) in [6.07, 6.45) is 5.78. The van der Waals surface area contributed by atoms with Crippen LogP contribution in [-0.4, -0.2) is 46.3 Å². The van der Waals surface area contributed by atoms with Crippen molar-refractivity contribution in [3.63, 3.8) is 0 Å². The molecule has 1 aliphatic heterocycles. The maximum atomic E-state index is 12.2. The topological polar surface area (TPSA) is 101 Å². The van der Waals surface area contributed by atoms with Crippen LogP contribution < -0.4 is 14.9 Å². The fourth-order valence-electron chi connectivity index (χ4n) is 3.30. The third-order valence-electron chi connectivity index (χ3n) is 4.80. The molecule has 164 valence electrons. The van der Waals surface area contributed by atoms with Crippen molar-refractivity contribution in [2.24, 2.45) is 0 Å². The summed E-state index contributed by atoms with van der Waals surface area (Å²) in [6, 6.07) is 10.9. The molecule has 0 spiro atoms. The van der Waals surface area contributed by atoms with Crippen LogP contribution in [0.25, 0.3) is 0 Å². The highest BCUT2D eigenvalue weighted by atomic mass is 32.2. The van der Waals surface area contributed by atoms with Gasteiger partial charge in [0.2, 0.25) is 15.9 Å². The summed E-state index contributed by atoms with van der Waals surface area (Å²) in [5.74, 6) is -0.424. The molecule has 1 aromatic heterocycles. The van der Waals surface area contributed by atoms with Crippen LogP contribution >= 0.6 is 0 Å². The Kier molecular flexibility index (Phi) is 8.15. The largest absolute Gasteiger partial charge is 0.467 e. The molecule has 1 aliphatic rings. The van der Waals surface area contributed by atoms with Crippen LogP contribution in [0.5, 0.6) is 0 Å². The second-order valence-electron chi connectivity index (χ2n) is 7.29. The van der Waals surface area contributed by atoms with Crippen LogP contribution in [-0.2, 0) is 26.2 Å². The van der Waals surface area contributed by atoms with Crippen LogP contribution in [0.2, 0.25) is 0 Å². The van der Waals surface area contributed by atoms with E-state index in [0.29, 0.717) is 31.9 Å². The van der Waals surface area contributed by atoms with Crippen molar-refractivity contribution >= 4 is 27.3 Å². The lowest BCUT2D eigenvalue weighted by Gasteiger charge is -2.28. The molecular weight excluding hydrogens is 406 g/mol. The maximum absolute atomic E-state index is 12.2. The molecule has 0 aliphatic carbocycles. The van der Waals surface area contributed by atoms with Crippen molar-refractivity contribution < 1.29 is 22.4 Å². The molecule has 0 radical (unpaired) electrons. The Bertz CT molecular complexity index is 876. The number of sulfonamides is 1. The van der Waals surface area contributed by atoms with Gasteiger partial charge in [0.05, 0.1) is 6.26 Å². The van der Waals surface area contributed by atoms with E-state index in [4.69, 9.17) is 9.15 Å². The number of benzene rings is 1. The molecule has 1 fully saturated rings. The number of nitrogens with zero attached hydrogens (tertiary/aromatic N) is 1. The molecule has 1 amide bonds. The summed E-state index contributed by atoms with van der Waals surface area (Å²) in [5.41, 5.74) is 1.54. The number of amides is 1. The minimum atomic E-state index is -3.77. The molecule has 0 bridgehead atoms. The zero-order valence-corrected chi connectivity index (χ0v) is 17.8. The van der Waals surface area contributed by atoms with Gasteiger partial charge in [-0.05, 0) is 62.1 Å². The minimum Gasteiger partial charge on any atom is -0.467 e. The highest BCUT2D eigenvalue weighted by Crippen LogP contribution is 2.22. The Morgan fingerprint density at radius 3 is 2.57 bits per heavy atom. The lowest BCUT2D eigenvalue weighted by molar-refractivity contribution is -0.118. The van der Waals surface area contributed by atoms with Crippen LogP contribution in [0, 0.1) is 0 Å². The minimum absolute atomic E-state index is 0.344. The number of rotatable bonds is 11. The first-order valence-electron chi connectivity index (χ1n) is 10.2. The second kappa shape index (κ2) is 11.0. The Labute approximate surface area is 177 Å². The number of nitrogens with one attached hydrogen (secondary N) is 2. The number of hydrogen-bond acceptors (Lipinski definition) is 6. The van der Waals surface area contributed by atoms with E-state index in [1.807, 2.05) is 18.2 Å². The third-order valence-corrected chi connectivity index (χ3v) is 5.98. The fraction of sp³-hybridized carbons (Fsp3) is 0.476. The van der Waals surface area contributed by atoms with Crippen LogP contribution in [0.15, 0.2) is 47.1 Å². The van der Waals surface area contributed by atoms with Gasteiger partial charge in [-0.2, -0.15) is 0 Å². The summed E-state index contributed by atoms with van der Waals surface area (Å²) in [4.78, 5) is 14.2. The third kappa shape index (κ3) is 7.38. The van der Waals surface area contributed by atoms with Gasteiger partial charge in [-0.15, -0.1) is 0 Å². The van der Waals surface area contributed by atoms with E-state index in [-0.39, 0.29) is 0 Å². The molecule has 3 rings (SSSR count). The van der Waals surface area contributed by atoms with Crippen molar-refractivity contribution in [3.8, 4) is 0 Å². The lowest BCUT2D eigenvalue weighted by Crippen LogP contribution is -2.33. The zero-order chi connectivity index (χ0) is 21.2. The summed E-state index contributed by atoms with van der Waals surface area (Å²) in [7, 11) is -3.77. The highest BCUT2D eigenvalue weighted by Gasteiger charge is 2.17. The average molecular weight is 436 g/mol. The number of anilines is 2. The van der Waals surface area contributed by atoms with Crippen LogP contribution in [0.4, 0.5) is 11.4 Å². The first-order chi connectivity index (χ1) is 14.5. The number of carbonyl (C=O) groups excluding carboxylic acids is 1. The number of piperidine rings is 1. The number of ether oxygens (including phenoxy) is 1. The van der Waals surface area contributed by atoms with Gasteiger partial charge in [0.25, 0.3) is 0 Å². The SMILES string of the molecule is O=C(CS(=O)(=O)Nc1ccc(N2CCCCC2)cc1)NCCCOCc1ccco1. The van der Waals surface area contributed by atoms with Gasteiger partial charge < -0.3 is 19.4 Å². The lowest BCUT2D eigenvalue weighted by atomic mass is 10.1. The molecule has 30 heavy (non-hydrogen) atoms. The zero-order valence-electron chi connectivity index (χ0n) is 17.0.